The monoisotopic (exact) mass is 353 g/mol. The fourth-order valence-corrected chi connectivity index (χ4v) is 2.73. The number of carbonyl (C=O) groups excluding carboxylic acids is 1. The molecule has 136 valence electrons. The summed E-state index contributed by atoms with van der Waals surface area (Å²) in [5.41, 5.74) is 0.890. The second kappa shape index (κ2) is 7.95. The van der Waals surface area contributed by atoms with Crippen LogP contribution in [0.15, 0.2) is 47.2 Å². The number of hydrogen-bond donors (Lipinski definition) is 1. The number of imidazole rings is 1. The van der Waals surface area contributed by atoms with Gasteiger partial charge >= 0.3 is 0 Å². The van der Waals surface area contributed by atoms with Gasteiger partial charge in [0.15, 0.2) is 0 Å². The molecule has 0 aliphatic heterocycles. The highest BCUT2D eigenvalue weighted by atomic mass is 16.5. The lowest BCUT2D eigenvalue weighted by Crippen LogP contribution is -2.33. The van der Waals surface area contributed by atoms with Gasteiger partial charge in [-0.1, -0.05) is 49.3 Å². The number of hydrogen-bond acceptors (Lipinski definition) is 5. The van der Waals surface area contributed by atoms with Crippen LogP contribution >= 0.6 is 0 Å². The Kier molecular flexibility index (Phi) is 5.46. The number of benzene rings is 1. The van der Waals surface area contributed by atoms with Gasteiger partial charge < -0.3 is 14.4 Å². The van der Waals surface area contributed by atoms with Crippen LogP contribution in [0.2, 0.25) is 0 Å². The fourth-order valence-electron chi connectivity index (χ4n) is 2.73. The lowest BCUT2D eigenvalue weighted by molar-refractivity contribution is -0.122. The molecule has 0 saturated carbocycles. The summed E-state index contributed by atoms with van der Waals surface area (Å²) in [6.45, 7) is 4.12. The molecule has 26 heavy (non-hydrogen) atoms. The maximum absolute atomic E-state index is 12.4. The van der Waals surface area contributed by atoms with E-state index in [1.165, 1.54) is 0 Å². The SMILES string of the molecule is CC(C)C(NC(=O)CCc1nc(-c2ccccc2)no1)c1nccn1C. The van der Waals surface area contributed by atoms with E-state index in [9.17, 15) is 4.79 Å². The van der Waals surface area contributed by atoms with Crippen LogP contribution in [-0.4, -0.2) is 25.6 Å². The summed E-state index contributed by atoms with van der Waals surface area (Å²) in [4.78, 5) is 21.1. The standard InChI is InChI=1S/C19H23N5O2/c1-13(2)17(19-20-11-12-24(19)3)21-15(25)9-10-16-22-18(23-26-16)14-7-5-4-6-8-14/h4-8,11-13,17H,9-10H2,1-3H3,(H,21,25). The molecule has 0 aliphatic carbocycles. The van der Waals surface area contributed by atoms with E-state index in [4.69, 9.17) is 4.52 Å². The zero-order valence-corrected chi connectivity index (χ0v) is 15.2. The van der Waals surface area contributed by atoms with Gasteiger partial charge in [-0.2, -0.15) is 4.98 Å². The summed E-state index contributed by atoms with van der Waals surface area (Å²) in [5.74, 6) is 2.00. The number of nitrogens with one attached hydrogen (secondary N) is 1. The first-order valence-electron chi connectivity index (χ1n) is 8.69. The lowest BCUT2D eigenvalue weighted by Gasteiger charge is -2.22. The summed E-state index contributed by atoms with van der Waals surface area (Å²) < 4.78 is 7.18. The van der Waals surface area contributed by atoms with Crippen molar-refractivity contribution in [3.8, 4) is 11.4 Å². The minimum atomic E-state index is -0.134. The van der Waals surface area contributed by atoms with E-state index in [1.54, 1.807) is 6.20 Å². The Morgan fingerprint density at radius 2 is 2.04 bits per heavy atom. The third kappa shape index (κ3) is 4.17. The summed E-state index contributed by atoms with van der Waals surface area (Å²) >= 11 is 0. The molecule has 2 heterocycles. The van der Waals surface area contributed by atoms with Crippen LogP contribution in [0.3, 0.4) is 0 Å². The smallest absolute Gasteiger partial charge is 0.227 e. The van der Waals surface area contributed by atoms with Crippen molar-refractivity contribution in [2.24, 2.45) is 13.0 Å². The van der Waals surface area contributed by atoms with E-state index in [0.29, 0.717) is 18.1 Å². The zero-order valence-electron chi connectivity index (χ0n) is 15.2. The Bertz CT molecular complexity index is 854. The highest BCUT2D eigenvalue weighted by molar-refractivity contribution is 5.76. The van der Waals surface area contributed by atoms with Gasteiger partial charge in [-0.25, -0.2) is 4.98 Å². The van der Waals surface area contributed by atoms with Crippen molar-refractivity contribution in [1.29, 1.82) is 0 Å². The number of aryl methyl sites for hydroxylation is 2. The second-order valence-corrected chi connectivity index (χ2v) is 6.56. The first-order valence-corrected chi connectivity index (χ1v) is 8.69. The van der Waals surface area contributed by atoms with Crippen molar-refractivity contribution >= 4 is 5.91 Å². The number of amides is 1. The van der Waals surface area contributed by atoms with E-state index in [-0.39, 0.29) is 24.3 Å². The van der Waals surface area contributed by atoms with Crippen LogP contribution in [0.1, 0.15) is 38.0 Å². The number of nitrogens with zero attached hydrogens (tertiary/aromatic N) is 4. The number of aromatic nitrogens is 4. The normalized spacial score (nSPS) is 12.3. The van der Waals surface area contributed by atoms with Crippen LogP contribution in [0.4, 0.5) is 0 Å². The minimum Gasteiger partial charge on any atom is -0.346 e. The van der Waals surface area contributed by atoms with Crippen LogP contribution in [0.5, 0.6) is 0 Å². The van der Waals surface area contributed by atoms with E-state index in [2.05, 4.69) is 34.3 Å². The molecule has 3 aromatic rings. The summed E-state index contributed by atoms with van der Waals surface area (Å²) in [5, 5.41) is 7.03. The first kappa shape index (κ1) is 17.8. The Balaban J connectivity index is 1.59. The molecule has 2 aromatic heterocycles. The van der Waals surface area contributed by atoms with Crippen LogP contribution < -0.4 is 5.32 Å². The predicted molar refractivity (Wildman–Crippen MR) is 97.0 cm³/mol. The molecule has 0 saturated heterocycles. The van der Waals surface area contributed by atoms with Gasteiger partial charge in [-0.05, 0) is 5.92 Å². The third-order valence-electron chi connectivity index (χ3n) is 4.19. The maximum atomic E-state index is 12.4. The van der Waals surface area contributed by atoms with Crippen LogP contribution in [0, 0.1) is 5.92 Å². The van der Waals surface area contributed by atoms with Crippen LogP contribution in [0.25, 0.3) is 11.4 Å². The minimum absolute atomic E-state index is 0.0637. The van der Waals surface area contributed by atoms with Crippen molar-refractivity contribution in [2.75, 3.05) is 0 Å². The average Bonchev–Trinajstić information content (AvgIpc) is 3.27. The Labute approximate surface area is 152 Å². The molecule has 0 spiro atoms. The van der Waals surface area contributed by atoms with Crippen molar-refractivity contribution in [3.05, 3.63) is 54.4 Å². The van der Waals surface area contributed by atoms with E-state index in [1.807, 2.05) is 48.1 Å². The third-order valence-corrected chi connectivity index (χ3v) is 4.19. The first-order chi connectivity index (χ1) is 12.5. The molecule has 1 amide bonds. The number of rotatable bonds is 7. The predicted octanol–water partition coefficient (Wildman–Crippen LogP) is 2.92. The maximum Gasteiger partial charge on any atom is 0.227 e. The Hall–Kier alpha value is -2.96. The molecule has 3 rings (SSSR count). The summed E-state index contributed by atoms with van der Waals surface area (Å²) in [7, 11) is 1.92. The van der Waals surface area contributed by atoms with Gasteiger partial charge in [0.25, 0.3) is 0 Å². The summed E-state index contributed by atoms with van der Waals surface area (Å²) in [6.07, 6.45) is 4.29. The largest absolute Gasteiger partial charge is 0.346 e. The Morgan fingerprint density at radius 3 is 2.69 bits per heavy atom. The molecular formula is C19H23N5O2. The van der Waals surface area contributed by atoms with Gasteiger partial charge in [0.1, 0.15) is 5.82 Å². The van der Waals surface area contributed by atoms with Crippen LogP contribution in [-0.2, 0) is 18.3 Å². The topological polar surface area (TPSA) is 85.8 Å². The van der Waals surface area contributed by atoms with Gasteiger partial charge in [0.2, 0.25) is 17.6 Å². The van der Waals surface area contributed by atoms with E-state index < -0.39 is 0 Å². The molecule has 1 atom stereocenters. The van der Waals surface area contributed by atoms with Gasteiger partial charge in [0, 0.05) is 37.8 Å². The zero-order chi connectivity index (χ0) is 18.5. The van der Waals surface area contributed by atoms with E-state index >= 15 is 0 Å². The Morgan fingerprint density at radius 1 is 1.27 bits per heavy atom. The molecule has 0 fully saturated rings. The molecule has 1 aromatic carbocycles. The molecule has 7 heteroatoms. The molecule has 0 aliphatic rings. The van der Waals surface area contributed by atoms with Crippen molar-refractivity contribution < 1.29 is 9.32 Å². The van der Waals surface area contributed by atoms with Crippen molar-refractivity contribution in [1.82, 2.24) is 25.0 Å². The lowest BCUT2D eigenvalue weighted by atomic mass is 10.0. The number of carbonyl (C=O) groups is 1. The van der Waals surface area contributed by atoms with E-state index in [0.717, 1.165) is 11.4 Å². The molecule has 0 radical (unpaired) electrons. The molecular weight excluding hydrogens is 330 g/mol. The van der Waals surface area contributed by atoms with Gasteiger partial charge in [0.05, 0.1) is 6.04 Å². The highest BCUT2D eigenvalue weighted by Crippen LogP contribution is 2.20. The molecule has 1 N–H and O–H groups in total. The highest BCUT2D eigenvalue weighted by Gasteiger charge is 2.22. The van der Waals surface area contributed by atoms with Crippen molar-refractivity contribution in [3.63, 3.8) is 0 Å². The van der Waals surface area contributed by atoms with Gasteiger partial charge in [-0.15, -0.1) is 0 Å². The fraction of sp³-hybridized carbons (Fsp3) is 0.368. The van der Waals surface area contributed by atoms with Gasteiger partial charge in [-0.3, -0.25) is 4.79 Å². The quantitative estimate of drug-likeness (QED) is 0.706. The van der Waals surface area contributed by atoms with Crippen molar-refractivity contribution in [2.45, 2.75) is 32.7 Å². The molecule has 1 unspecified atom stereocenters. The average molecular weight is 353 g/mol. The summed E-state index contributed by atoms with van der Waals surface area (Å²) in [6, 6.07) is 9.47. The molecule has 0 bridgehead atoms. The second-order valence-electron chi connectivity index (χ2n) is 6.56. The molecule has 7 nitrogen and oxygen atoms in total.